The largest absolute Gasteiger partial charge is 0.495 e. The monoisotopic (exact) mass is 194 g/mol. The van der Waals surface area contributed by atoms with E-state index in [4.69, 9.17) is 10.5 Å². The molecular formula is C11H18N2O. The number of hydrogen-bond donors (Lipinski definition) is 1. The lowest BCUT2D eigenvalue weighted by Gasteiger charge is -2.21. The highest BCUT2D eigenvalue weighted by molar-refractivity contribution is 5.61. The van der Waals surface area contributed by atoms with E-state index in [2.05, 4.69) is 19.9 Å². The summed E-state index contributed by atoms with van der Waals surface area (Å²) < 4.78 is 5.31. The van der Waals surface area contributed by atoms with E-state index >= 15 is 0 Å². The van der Waals surface area contributed by atoms with Crippen molar-refractivity contribution in [3.8, 4) is 5.75 Å². The van der Waals surface area contributed by atoms with Gasteiger partial charge in [-0.05, 0) is 37.1 Å². The first kappa shape index (κ1) is 10.9. The molecule has 0 spiro atoms. The molecule has 1 rings (SSSR count). The van der Waals surface area contributed by atoms with Crippen LogP contribution in [0.4, 0.5) is 5.69 Å². The average molecular weight is 194 g/mol. The molecule has 0 aliphatic rings. The minimum atomic E-state index is 0.485. The van der Waals surface area contributed by atoms with Crippen LogP contribution in [-0.4, -0.2) is 20.8 Å². The van der Waals surface area contributed by atoms with Crippen molar-refractivity contribution in [1.29, 1.82) is 0 Å². The zero-order chi connectivity index (χ0) is 10.7. The molecule has 0 radical (unpaired) electrons. The molecule has 3 nitrogen and oxygen atoms in total. The Morgan fingerprint density at radius 3 is 2.36 bits per heavy atom. The van der Waals surface area contributed by atoms with Crippen LogP contribution in [-0.2, 0) is 0 Å². The quantitative estimate of drug-likeness (QED) is 0.744. The highest BCUT2D eigenvalue weighted by Crippen LogP contribution is 2.30. The molecule has 14 heavy (non-hydrogen) atoms. The van der Waals surface area contributed by atoms with Crippen molar-refractivity contribution in [2.24, 2.45) is 5.73 Å². The highest BCUT2D eigenvalue weighted by Gasteiger charge is 2.08. The maximum Gasteiger partial charge on any atom is 0.142 e. The first-order valence-electron chi connectivity index (χ1n) is 4.66. The summed E-state index contributed by atoms with van der Waals surface area (Å²) >= 11 is 0. The molecule has 0 fully saturated rings. The van der Waals surface area contributed by atoms with Gasteiger partial charge in [0.15, 0.2) is 0 Å². The van der Waals surface area contributed by atoms with Gasteiger partial charge in [-0.25, -0.2) is 0 Å². The summed E-state index contributed by atoms with van der Waals surface area (Å²) in [5.74, 6) is 0.876. The standard InChI is InChI=1S/C11H18N2O/c1-8-5-10(13(3)7-12)11(14-4)6-9(8)2/h5-6H,7,12H2,1-4H3. The second-order valence-electron chi connectivity index (χ2n) is 3.49. The van der Waals surface area contributed by atoms with Crippen LogP contribution in [0.25, 0.3) is 0 Å². The predicted octanol–water partition coefficient (Wildman–Crippen LogP) is 1.66. The molecule has 0 heterocycles. The molecule has 1 aromatic rings. The zero-order valence-corrected chi connectivity index (χ0v) is 9.29. The maximum absolute atomic E-state index is 5.59. The van der Waals surface area contributed by atoms with Gasteiger partial charge in [0.25, 0.3) is 0 Å². The Kier molecular flexibility index (Phi) is 3.36. The van der Waals surface area contributed by atoms with Gasteiger partial charge in [0.05, 0.1) is 19.5 Å². The Balaban J connectivity index is 3.19. The number of nitrogens with two attached hydrogens (primary N) is 1. The summed E-state index contributed by atoms with van der Waals surface area (Å²) in [5.41, 5.74) is 9.11. The zero-order valence-electron chi connectivity index (χ0n) is 9.29. The van der Waals surface area contributed by atoms with Gasteiger partial charge in [-0.15, -0.1) is 0 Å². The molecule has 0 saturated carbocycles. The van der Waals surface area contributed by atoms with E-state index in [1.165, 1.54) is 11.1 Å². The molecule has 0 atom stereocenters. The predicted molar refractivity (Wildman–Crippen MR) is 59.9 cm³/mol. The number of hydrogen-bond acceptors (Lipinski definition) is 3. The molecule has 3 heteroatoms. The molecular weight excluding hydrogens is 176 g/mol. The minimum Gasteiger partial charge on any atom is -0.495 e. The molecule has 2 N–H and O–H groups in total. The van der Waals surface area contributed by atoms with Gasteiger partial charge in [0, 0.05) is 7.05 Å². The van der Waals surface area contributed by atoms with Gasteiger partial charge in [-0.3, -0.25) is 0 Å². The molecule has 0 bridgehead atoms. The summed E-state index contributed by atoms with van der Waals surface area (Å²) in [7, 11) is 3.63. The summed E-state index contributed by atoms with van der Waals surface area (Å²) in [4.78, 5) is 1.96. The SMILES string of the molecule is COc1cc(C)c(C)cc1N(C)CN. The first-order valence-corrected chi connectivity index (χ1v) is 4.66. The van der Waals surface area contributed by atoms with Crippen molar-refractivity contribution in [2.45, 2.75) is 13.8 Å². The minimum absolute atomic E-state index is 0.485. The molecule has 0 aliphatic carbocycles. The van der Waals surface area contributed by atoms with E-state index in [9.17, 15) is 0 Å². The summed E-state index contributed by atoms with van der Waals surface area (Å²) in [6.07, 6.45) is 0. The van der Waals surface area contributed by atoms with Gasteiger partial charge in [0.2, 0.25) is 0 Å². The van der Waals surface area contributed by atoms with E-state index in [-0.39, 0.29) is 0 Å². The topological polar surface area (TPSA) is 38.5 Å². The Morgan fingerprint density at radius 2 is 1.86 bits per heavy atom. The van der Waals surface area contributed by atoms with Crippen LogP contribution >= 0.6 is 0 Å². The Labute approximate surface area is 85.5 Å². The molecule has 0 unspecified atom stereocenters. The first-order chi connectivity index (χ1) is 6.60. The van der Waals surface area contributed by atoms with Crippen LogP contribution < -0.4 is 15.4 Å². The fourth-order valence-corrected chi connectivity index (χ4v) is 1.33. The van der Waals surface area contributed by atoms with Crippen LogP contribution in [0.15, 0.2) is 12.1 Å². The number of benzene rings is 1. The van der Waals surface area contributed by atoms with Crippen LogP contribution in [0.2, 0.25) is 0 Å². The second kappa shape index (κ2) is 4.33. The lowest BCUT2D eigenvalue weighted by Crippen LogP contribution is -2.25. The van der Waals surface area contributed by atoms with E-state index in [0.717, 1.165) is 11.4 Å². The normalized spacial score (nSPS) is 10.1. The Bertz CT molecular complexity index is 323. The summed E-state index contributed by atoms with van der Waals surface area (Å²) in [6.45, 7) is 4.64. The molecule has 0 amide bonds. The van der Waals surface area contributed by atoms with Crippen molar-refractivity contribution in [3.05, 3.63) is 23.3 Å². The van der Waals surface area contributed by atoms with E-state index in [0.29, 0.717) is 6.67 Å². The Hall–Kier alpha value is -1.22. The number of aryl methyl sites for hydroxylation is 2. The van der Waals surface area contributed by atoms with E-state index in [1.807, 2.05) is 18.0 Å². The van der Waals surface area contributed by atoms with E-state index < -0.39 is 0 Å². The average Bonchev–Trinajstić information content (AvgIpc) is 2.20. The summed E-state index contributed by atoms with van der Waals surface area (Å²) in [5, 5.41) is 0. The lowest BCUT2D eigenvalue weighted by atomic mass is 10.1. The number of methoxy groups -OCH3 is 1. The maximum atomic E-state index is 5.59. The van der Waals surface area contributed by atoms with Gasteiger partial charge in [0.1, 0.15) is 5.75 Å². The third-order valence-corrected chi connectivity index (χ3v) is 2.48. The number of nitrogens with zero attached hydrogens (tertiary/aromatic N) is 1. The fourth-order valence-electron chi connectivity index (χ4n) is 1.33. The van der Waals surface area contributed by atoms with Crippen molar-refractivity contribution in [1.82, 2.24) is 0 Å². The van der Waals surface area contributed by atoms with Crippen LogP contribution in [0, 0.1) is 13.8 Å². The molecule has 78 valence electrons. The molecule has 0 aromatic heterocycles. The van der Waals surface area contributed by atoms with Gasteiger partial charge < -0.3 is 15.4 Å². The number of rotatable bonds is 3. The molecule has 0 saturated heterocycles. The highest BCUT2D eigenvalue weighted by atomic mass is 16.5. The summed E-state index contributed by atoms with van der Waals surface area (Å²) in [6, 6.07) is 4.14. The van der Waals surface area contributed by atoms with E-state index in [1.54, 1.807) is 7.11 Å². The van der Waals surface area contributed by atoms with Crippen LogP contribution in [0.5, 0.6) is 5.75 Å². The van der Waals surface area contributed by atoms with Gasteiger partial charge in [-0.1, -0.05) is 0 Å². The molecule has 0 aliphatic heterocycles. The van der Waals surface area contributed by atoms with Crippen LogP contribution in [0.1, 0.15) is 11.1 Å². The second-order valence-corrected chi connectivity index (χ2v) is 3.49. The van der Waals surface area contributed by atoms with Crippen molar-refractivity contribution >= 4 is 5.69 Å². The third kappa shape index (κ3) is 1.99. The van der Waals surface area contributed by atoms with Crippen molar-refractivity contribution < 1.29 is 4.74 Å². The van der Waals surface area contributed by atoms with Crippen molar-refractivity contribution in [3.63, 3.8) is 0 Å². The smallest absolute Gasteiger partial charge is 0.142 e. The van der Waals surface area contributed by atoms with Crippen LogP contribution in [0.3, 0.4) is 0 Å². The third-order valence-electron chi connectivity index (χ3n) is 2.48. The van der Waals surface area contributed by atoms with Gasteiger partial charge in [-0.2, -0.15) is 0 Å². The fraction of sp³-hybridized carbons (Fsp3) is 0.455. The molecule has 1 aromatic carbocycles. The number of ether oxygens (including phenoxy) is 1. The number of anilines is 1. The van der Waals surface area contributed by atoms with Crippen molar-refractivity contribution in [2.75, 3.05) is 25.7 Å². The van der Waals surface area contributed by atoms with Gasteiger partial charge >= 0.3 is 0 Å². The Morgan fingerprint density at radius 1 is 1.29 bits per heavy atom. The lowest BCUT2D eigenvalue weighted by molar-refractivity contribution is 0.414.